The molecule has 2 N–H and O–H groups in total. The first kappa shape index (κ1) is 14.0. The fourth-order valence-electron chi connectivity index (χ4n) is 1.86. The number of anilines is 1. The number of aryl methyl sites for hydroxylation is 1. The second kappa shape index (κ2) is 5.72. The third kappa shape index (κ3) is 3.14. The summed E-state index contributed by atoms with van der Waals surface area (Å²) in [5.74, 6) is 0.0382. The first-order valence-electron chi connectivity index (χ1n) is 5.96. The van der Waals surface area contributed by atoms with E-state index in [1.807, 2.05) is 25.1 Å². The summed E-state index contributed by atoms with van der Waals surface area (Å²) in [4.78, 5) is 0. The van der Waals surface area contributed by atoms with E-state index in [1.165, 1.54) is 5.56 Å². The molecule has 100 valence electrons. The van der Waals surface area contributed by atoms with Crippen molar-refractivity contribution in [3.05, 3.63) is 57.1 Å². The van der Waals surface area contributed by atoms with Crippen molar-refractivity contribution >= 4 is 28.9 Å². The van der Waals surface area contributed by atoms with Crippen molar-refractivity contribution < 1.29 is 5.11 Å². The maximum absolute atomic E-state index is 9.98. The minimum absolute atomic E-state index is 0.0382. The Bertz CT molecular complexity index is 611. The molecule has 0 heterocycles. The molecule has 0 aliphatic rings. The van der Waals surface area contributed by atoms with Crippen LogP contribution in [0.3, 0.4) is 0 Å². The van der Waals surface area contributed by atoms with E-state index in [2.05, 4.69) is 11.4 Å². The summed E-state index contributed by atoms with van der Waals surface area (Å²) in [6.07, 6.45) is 0. The highest BCUT2D eigenvalue weighted by molar-refractivity contribution is 6.37. The minimum Gasteiger partial charge on any atom is -0.504 e. The normalized spacial score (nSPS) is 10.5. The summed E-state index contributed by atoms with van der Waals surface area (Å²) in [7, 11) is 0. The van der Waals surface area contributed by atoms with Crippen LogP contribution in [-0.4, -0.2) is 5.11 Å². The second-order valence-corrected chi connectivity index (χ2v) is 5.32. The van der Waals surface area contributed by atoms with E-state index in [0.29, 0.717) is 27.8 Å². The van der Waals surface area contributed by atoms with Gasteiger partial charge < -0.3 is 10.4 Å². The van der Waals surface area contributed by atoms with Crippen LogP contribution in [0.15, 0.2) is 30.3 Å². The molecule has 2 aromatic carbocycles. The number of rotatable bonds is 3. The molecule has 0 aliphatic carbocycles. The highest BCUT2D eigenvalue weighted by atomic mass is 35.5. The van der Waals surface area contributed by atoms with E-state index in [1.54, 1.807) is 13.0 Å². The molecule has 0 radical (unpaired) electrons. The van der Waals surface area contributed by atoms with Crippen LogP contribution in [-0.2, 0) is 6.54 Å². The van der Waals surface area contributed by atoms with Gasteiger partial charge in [-0.25, -0.2) is 0 Å². The lowest BCUT2D eigenvalue weighted by atomic mass is 10.1. The standard InChI is InChI=1S/C15H15Cl2NO/c1-9-4-3-5-11(6-9)8-18-13-7-12(16)10(2)14(17)15(13)19/h3-7,18-19H,8H2,1-2H3. The Morgan fingerprint density at radius 3 is 2.58 bits per heavy atom. The lowest BCUT2D eigenvalue weighted by Gasteiger charge is -2.12. The van der Waals surface area contributed by atoms with E-state index >= 15 is 0 Å². The highest BCUT2D eigenvalue weighted by Gasteiger charge is 2.12. The number of hydrogen-bond acceptors (Lipinski definition) is 2. The molecular weight excluding hydrogens is 281 g/mol. The summed E-state index contributed by atoms with van der Waals surface area (Å²) >= 11 is 12.1. The van der Waals surface area contributed by atoms with E-state index < -0.39 is 0 Å². The van der Waals surface area contributed by atoms with E-state index in [-0.39, 0.29) is 5.75 Å². The summed E-state index contributed by atoms with van der Waals surface area (Å²) in [6, 6.07) is 9.84. The first-order valence-corrected chi connectivity index (χ1v) is 6.71. The van der Waals surface area contributed by atoms with Crippen LogP contribution in [0, 0.1) is 13.8 Å². The predicted octanol–water partition coefficient (Wildman–Crippen LogP) is 4.93. The Morgan fingerprint density at radius 1 is 1.16 bits per heavy atom. The third-order valence-corrected chi connectivity index (χ3v) is 3.84. The van der Waals surface area contributed by atoms with Crippen molar-refractivity contribution in [3.63, 3.8) is 0 Å². The fourth-order valence-corrected chi connectivity index (χ4v) is 2.31. The zero-order valence-corrected chi connectivity index (χ0v) is 12.3. The van der Waals surface area contributed by atoms with Crippen LogP contribution < -0.4 is 5.32 Å². The minimum atomic E-state index is 0.0382. The van der Waals surface area contributed by atoms with Crippen LogP contribution >= 0.6 is 23.2 Å². The number of benzene rings is 2. The molecule has 0 saturated carbocycles. The molecular formula is C15H15Cl2NO. The summed E-state index contributed by atoms with van der Waals surface area (Å²) < 4.78 is 0. The largest absolute Gasteiger partial charge is 0.504 e. The van der Waals surface area contributed by atoms with Gasteiger partial charge in [-0.05, 0) is 31.0 Å². The van der Waals surface area contributed by atoms with E-state index in [4.69, 9.17) is 23.2 Å². The Morgan fingerprint density at radius 2 is 1.89 bits per heavy atom. The SMILES string of the molecule is Cc1cccc(CNc2cc(Cl)c(C)c(Cl)c2O)c1. The number of phenolic OH excluding ortho intramolecular Hbond substituents is 1. The molecule has 2 nitrogen and oxygen atoms in total. The zero-order chi connectivity index (χ0) is 14.0. The molecule has 2 aromatic rings. The van der Waals surface area contributed by atoms with Gasteiger partial charge in [0.1, 0.15) is 0 Å². The van der Waals surface area contributed by atoms with Crippen molar-refractivity contribution in [2.75, 3.05) is 5.32 Å². The van der Waals surface area contributed by atoms with Gasteiger partial charge in [0.05, 0.1) is 10.7 Å². The zero-order valence-electron chi connectivity index (χ0n) is 10.8. The molecule has 0 bridgehead atoms. The van der Waals surface area contributed by atoms with Gasteiger partial charge in [0, 0.05) is 11.6 Å². The predicted molar refractivity (Wildman–Crippen MR) is 81.4 cm³/mol. The quantitative estimate of drug-likeness (QED) is 0.787. The van der Waals surface area contributed by atoms with Crippen molar-refractivity contribution in [1.29, 1.82) is 0 Å². The van der Waals surface area contributed by atoms with Gasteiger partial charge in [-0.3, -0.25) is 0 Å². The van der Waals surface area contributed by atoms with Crippen LogP contribution in [0.5, 0.6) is 5.75 Å². The molecule has 0 atom stereocenters. The van der Waals surface area contributed by atoms with Gasteiger partial charge >= 0.3 is 0 Å². The molecule has 0 saturated heterocycles. The highest BCUT2D eigenvalue weighted by Crippen LogP contribution is 2.38. The number of hydrogen-bond donors (Lipinski definition) is 2. The van der Waals surface area contributed by atoms with Gasteiger partial charge in [-0.15, -0.1) is 0 Å². The van der Waals surface area contributed by atoms with Gasteiger partial charge in [-0.2, -0.15) is 0 Å². The van der Waals surface area contributed by atoms with Crippen LogP contribution in [0.2, 0.25) is 10.0 Å². The molecule has 0 aromatic heterocycles. The van der Waals surface area contributed by atoms with E-state index in [0.717, 1.165) is 5.56 Å². The maximum Gasteiger partial charge on any atom is 0.157 e. The maximum atomic E-state index is 9.98. The molecule has 0 fully saturated rings. The van der Waals surface area contributed by atoms with Crippen LogP contribution in [0.25, 0.3) is 0 Å². The Kier molecular flexibility index (Phi) is 4.23. The second-order valence-electron chi connectivity index (χ2n) is 4.54. The number of aromatic hydroxyl groups is 1. The Labute approximate surface area is 123 Å². The molecule has 19 heavy (non-hydrogen) atoms. The number of phenols is 1. The smallest absolute Gasteiger partial charge is 0.157 e. The molecule has 0 unspecified atom stereocenters. The molecule has 0 amide bonds. The molecule has 0 aliphatic heterocycles. The summed E-state index contributed by atoms with van der Waals surface area (Å²) in [5.41, 5.74) is 3.56. The Balaban J connectivity index is 2.21. The monoisotopic (exact) mass is 295 g/mol. The van der Waals surface area contributed by atoms with Crippen LogP contribution in [0.1, 0.15) is 16.7 Å². The van der Waals surface area contributed by atoms with Gasteiger partial charge in [0.15, 0.2) is 5.75 Å². The number of nitrogens with one attached hydrogen (secondary N) is 1. The topological polar surface area (TPSA) is 32.3 Å². The van der Waals surface area contributed by atoms with E-state index in [9.17, 15) is 5.11 Å². The fraction of sp³-hybridized carbons (Fsp3) is 0.200. The number of halogens is 2. The van der Waals surface area contributed by atoms with Gasteiger partial charge in [0.25, 0.3) is 0 Å². The van der Waals surface area contributed by atoms with Crippen molar-refractivity contribution in [3.8, 4) is 5.75 Å². The van der Waals surface area contributed by atoms with Crippen LogP contribution in [0.4, 0.5) is 5.69 Å². The average molecular weight is 296 g/mol. The van der Waals surface area contributed by atoms with Crippen molar-refractivity contribution in [2.45, 2.75) is 20.4 Å². The molecule has 4 heteroatoms. The summed E-state index contributed by atoms with van der Waals surface area (Å²) in [6.45, 7) is 4.42. The summed E-state index contributed by atoms with van der Waals surface area (Å²) in [5, 5.41) is 14.0. The lowest BCUT2D eigenvalue weighted by molar-refractivity contribution is 0.477. The lowest BCUT2D eigenvalue weighted by Crippen LogP contribution is -2.00. The Hall–Kier alpha value is -1.38. The van der Waals surface area contributed by atoms with Gasteiger partial charge in [0.2, 0.25) is 0 Å². The third-order valence-electron chi connectivity index (χ3n) is 2.99. The average Bonchev–Trinajstić information content (AvgIpc) is 2.39. The first-order chi connectivity index (χ1) is 8.99. The molecule has 2 rings (SSSR count). The molecule has 0 spiro atoms. The van der Waals surface area contributed by atoms with Crippen molar-refractivity contribution in [1.82, 2.24) is 0 Å². The van der Waals surface area contributed by atoms with Gasteiger partial charge in [-0.1, -0.05) is 53.0 Å². The van der Waals surface area contributed by atoms with Crippen molar-refractivity contribution in [2.24, 2.45) is 0 Å².